The fourth-order valence-corrected chi connectivity index (χ4v) is 1.42. The van der Waals surface area contributed by atoms with E-state index in [0.29, 0.717) is 23.8 Å². The van der Waals surface area contributed by atoms with Crippen LogP contribution >= 0.6 is 0 Å². The van der Waals surface area contributed by atoms with Gasteiger partial charge in [-0.2, -0.15) is 4.98 Å². The largest absolute Gasteiger partial charge is 0.338 e. The van der Waals surface area contributed by atoms with Crippen molar-refractivity contribution in [3.63, 3.8) is 0 Å². The first-order chi connectivity index (χ1) is 8.19. The van der Waals surface area contributed by atoms with Gasteiger partial charge in [-0.15, -0.1) is 0 Å². The van der Waals surface area contributed by atoms with Crippen LogP contribution in [0.5, 0.6) is 0 Å². The lowest BCUT2D eigenvalue weighted by Gasteiger charge is -1.98. The predicted molar refractivity (Wildman–Crippen MR) is 56.2 cm³/mol. The van der Waals surface area contributed by atoms with Gasteiger partial charge in [-0.05, 0) is 18.7 Å². The van der Waals surface area contributed by atoms with Crippen LogP contribution in [0.25, 0.3) is 0 Å². The smallest absolute Gasteiger partial charge is 0.240 e. The van der Waals surface area contributed by atoms with E-state index in [1.807, 2.05) is 0 Å². The van der Waals surface area contributed by atoms with Crippen LogP contribution in [0, 0.1) is 11.6 Å². The van der Waals surface area contributed by atoms with Crippen molar-refractivity contribution in [2.75, 3.05) is 7.05 Å². The monoisotopic (exact) mass is 239 g/mol. The van der Waals surface area contributed by atoms with Gasteiger partial charge in [0.2, 0.25) is 5.89 Å². The van der Waals surface area contributed by atoms with Crippen LogP contribution in [0.1, 0.15) is 17.3 Å². The van der Waals surface area contributed by atoms with Crippen LogP contribution in [0.3, 0.4) is 0 Å². The maximum absolute atomic E-state index is 13.4. The summed E-state index contributed by atoms with van der Waals surface area (Å²) in [7, 11) is 1.75. The Kier molecular flexibility index (Phi) is 3.43. The van der Waals surface area contributed by atoms with Crippen molar-refractivity contribution in [3.8, 4) is 0 Å². The van der Waals surface area contributed by atoms with Gasteiger partial charge in [0.05, 0.1) is 6.54 Å². The summed E-state index contributed by atoms with van der Waals surface area (Å²) in [5.41, 5.74) is 0.336. The molecule has 17 heavy (non-hydrogen) atoms. The minimum atomic E-state index is -0.607. The van der Waals surface area contributed by atoms with E-state index >= 15 is 0 Å². The minimum absolute atomic E-state index is 0.180. The Morgan fingerprint density at radius 1 is 1.35 bits per heavy atom. The fourth-order valence-electron chi connectivity index (χ4n) is 1.42. The molecule has 0 radical (unpaired) electrons. The van der Waals surface area contributed by atoms with Gasteiger partial charge in [-0.25, -0.2) is 8.78 Å². The van der Waals surface area contributed by atoms with Crippen molar-refractivity contribution in [3.05, 3.63) is 47.1 Å². The number of nitrogens with one attached hydrogen (secondary N) is 1. The molecule has 0 spiro atoms. The Bertz CT molecular complexity index is 513. The molecule has 0 fully saturated rings. The predicted octanol–water partition coefficient (Wildman–Crippen LogP) is 1.66. The highest BCUT2D eigenvalue weighted by atomic mass is 19.1. The number of nitrogens with zero attached hydrogens (tertiary/aromatic N) is 2. The minimum Gasteiger partial charge on any atom is -0.338 e. The molecule has 2 rings (SSSR count). The van der Waals surface area contributed by atoms with Crippen LogP contribution in [0.15, 0.2) is 22.7 Å². The SMILES string of the molecule is CNCc1nc(Cc2ccc(F)cc2F)no1. The number of halogens is 2. The molecule has 0 atom stereocenters. The second-order valence-electron chi connectivity index (χ2n) is 3.55. The molecule has 0 saturated carbocycles. The van der Waals surface area contributed by atoms with E-state index in [4.69, 9.17) is 4.52 Å². The van der Waals surface area contributed by atoms with E-state index in [2.05, 4.69) is 15.5 Å². The summed E-state index contributed by atoms with van der Waals surface area (Å²) in [6, 6.07) is 3.41. The molecule has 0 aliphatic rings. The summed E-state index contributed by atoms with van der Waals surface area (Å²) >= 11 is 0. The van der Waals surface area contributed by atoms with Crippen molar-refractivity contribution in [1.82, 2.24) is 15.5 Å². The van der Waals surface area contributed by atoms with E-state index in [9.17, 15) is 8.78 Å². The summed E-state index contributed by atoms with van der Waals surface area (Å²) in [6.07, 6.45) is 0.180. The van der Waals surface area contributed by atoms with Gasteiger partial charge in [-0.1, -0.05) is 11.2 Å². The Hall–Kier alpha value is -1.82. The molecule has 6 heteroatoms. The average Bonchev–Trinajstić information content (AvgIpc) is 2.71. The van der Waals surface area contributed by atoms with Crippen molar-refractivity contribution >= 4 is 0 Å². The van der Waals surface area contributed by atoms with Gasteiger partial charge < -0.3 is 9.84 Å². The molecule has 1 aromatic heterocycles. The van der Waals surface area contributed by atoms with Crippen molar-refractivity contribution in [2.24, 2.45) is 0 Å². The molecule has 0 saturated heterocycles. The second-order valence-corrected chi connectivity index (χ2v) is 3.55. The lowest BCUT2D eigenvalue weighted by atomic mass is 10.1. The number of benzene rings is 1. The lowest BCUT2D eigenvalue weighted by Crippen LogP contribution is -2.05. The van der Waals surface area contributed by atoms with Gasteiger partial charge >= 0.3 is 0 Å². The summed E-state index contributed by atoms with van der Waals surface area (Å²) in [4.78, 5) is 4.06. The van der Waals surface area contributed by atoms with Crippen LogP contribution in [-0.4, -0.2) is 17.2 Å². The Labute approximate surface area is 96.6 Å². The standard InChI is InChI=1S/C11H11F2N3O/c1-14-6-11-15-10(16-17-11)4-7-2-3-8(12)5-9(7)13/h2-3,5,14H,4,6H2,1H3. The summed E-state index contributed by atoms with van der Waals surface area (Å²) in [5, 5.41) is 6.57. The van der Waals surface area contributed by atoms with E-state index in [1.54, 1.807) is 7.05 Å². The third-order valence-corrected chi connectivity index (χ3v) is 2.20. The molecule has 1 heterocycles. The van der Waals surface area contributed by atoms with E-state index in [1.165, 1.54) is 12.1 Å². The molecule has 0 aliphatic heterocycles. The average molecular weight is 239 g/mol. The van der Waals surface area contributed by atoms with Gasteiger partial charge in [0.15, 0.2) is 5.82 Å². The molecular formula is C11H11F2N3O. The van der Waals surface area contributed by atoms with Crippen LogP contribution in [0.4, 0.5) is 8.78 Å². The molecule has 2 aromatic rings. The number of hydrogen-bond donors (Lipinski definition) is 1. The Balaban J connectivity index is 2.13. The van der Waals surface area contributed by atoms with Crippen molar-refractivity contribution in [1.29, 1.82) is 0 Å². The normalized spacial score (nSPS) is 10.8. The highest BCUT2D eigenvalue weighted by Gasteiger charge is 2.10. The van der Waals surface area contributed by atoms with Crippen LogP contribution in [0.2, 0.25) is 0 Å². The molecule has 90 valence electrons. The highest BCUT2D eigenvalue weighted by molar-refractivity contribution is 5.21. The van der Waals surface area contributed by atoms with Crippen molar-refractivity contribution < 1.29 is 13.3 Å². The first-order valence-electron chi connectivity index (χ1n) is 5.09. The van der Waals surface area contributed by atoms with Crippen LogP contribution < -0.4 is 5.32 Å². The lowest BCUT2D eigenvalue weighted by molar-refractivity contribution is 0.367. The van der Waals surface area contributed by atoms with Gasteiger partial charge in [-0.3, -0.25) is 0 Å². The number of hydrogen-bond acceptors (Lipinski definition) is 4. The number of aromatic nitrogens is 2. The summed E-state index contributed by atoms with van der Waals surface area (Å²) < 4.78 is 31.0. The quantitative estimate of drug-likeness (QED) is 0.881. The summed E-state index contributed by atoms with van der Waals surface area (Å²) in [5.74, 6) is -0.397. The molecule has 0 aliphatic carbocycles. The topological polar surface area (TPSA) is 51.0 Å². The van der Waals surface area contributed by atoms with E-state index in [0.717, 1.165) is 6.07 Å². The molecule has 4 nitrogen and oxygen atoms in total. The second kappa shape index (κ2) is 5.01. The van der Waals surface area contributed by atoms with Gasteiger partial charge in [0.1, 0.15) is 11.6 Å². The Morgan fingerprint density at radius 2 is 2.18 bits per heavy atom. The third kappa shape index (κ3) is 2.85. The first-order valence-corrected chi connectivity index (χ1v) is 5.09. The first kappa shape index (κ1) is 11.7. The summed E-state index contributed by atoms with van der Waals surface area (Å²) in [6.45, 7) is 0.457. The van der Waals surface area contributed by atoms with E-state index < -0.39 is 11.6 Å². The Morgan fingerprint density at radius 3 is 2.88 bits per heavy atom. The van der Waals surface area contributed by atoms with Crippen molar-refractivity contribution in [2.45, 2.75) is 13.0 Å². The zero-order valence-corrected chi connectivity index (χ0v) is 9.20. The maximum Gasteiger partial charge on any atom is 0.240 e. The number of rotatable bonds is 4. The zero-order valence-electron chi connectivity index (χ0n) is 9.20. The molecule has 0 bridgehead atoms. The molecule has 1 aromatic carbocycles. The highest BCUT2D eigenvalue weighted by Crippen LogP contribution is 2.13. The molecule has 1 N–H and O–H groups in total. The molecular weight excluding hydrogens is 228 g/mol. The zero-order chi connectivity index (χ0) is 12.3. The van der Waals surface area contributed by atoms with E-state index in [-0.39, 0.29) is 6.42 Å². The van der Waals surface area contributed by atoms with Gasteiger partial charge in [0.25, 0.3) is 0 Å². The maximum atomic E-state index is 13.4. The fraction of sp³-hybridized carbons (Fsp3) is 0.273. The third-order valence-electron chi connectivity index (χ3n) is 2.20. The van der Waals surface area contributed by atoms with Crippen LogP contribution in [-0.2, 0) is 13.0 Å². The molecule has 0 unspecified atom stereocenters. The van der Waals surface area contributed by atoms with Gasteiger partial charge in [0, 0.05) is 12.5 Å². The molecule has 0 amide bonds.